The molecular formula is C36H43ClFN5O9S2. The summed E-state index contributed by atoms with van der Waals surface area (Å²) in [4.78, 5) is 71.2. The normalized spacial score (nSPS) is 26.6. The second kappa shape index (κ2) is 15.5. The van der Waals surface area contributed by atoms with Crippen molar-refractivity contribution in [2.24, 2.45) is 5.92 Å². The highest BCUT2D eigenvalue weighted by Gasteiger charge is 2.62. The molecular weight excluding hydrogens is 765 g/mol. The highest BCUT2D eigenvalue weighted by molar-refractivity contribution is 7.92. The molecule has 54 heavy (non-hydrogen) atoms. The molecule has 4 aliphatic rings. The molecule has 1 aliphatic carbocycles. The van der Waals surface area contributed by atoms with Crippen LogP contribution >= 0.6 is 22.9 Å². The maximum absolute atomic E-state index is 14.4. The van der Waals surface area contributed by atoms with E-state index in [9.17, 15) is 36.8 Å². The summed E-state index contributed by atoms with van der Waals surface area (Å²) in [6.07, 6.45) is 3.83. The summed E-state index contributed by atoms with van der Waals surface area (Å²) < 4.78 is 54.1. The number of nitrogens with one attached hydrogen (secondary N) is 3. The van der Waals surface area contributed by atoms with Crippen LogP contribution in [-0.4, -0.2) is 84.0 Å². The Bertz CT molecular complexity index is 1970. The van der Waals surface area contributed by atoms with Gasteiger partial charge in [0.15, 0.2) is 0 Å². The number of fused-ring (bicyclic) bond motifs is 3. The van der Waals surface area contributed by atoms with Crippen molar-refractivity contribution in [3.05, 3.63) is 63.8 Å². The average Bonchev–Trinajstić information content (AvgIpc) is 3.46. The van der Waals surface area contributed by atoms with Gasteiger partial charge in [0, 0.05) is 24.4 Å². The van der Waals surface area contributed by atoms with Crippen LogP contribution in [0.2, 0.25) is 4.34 Å². The van der Waals surface area contributed by atoms with Crippen LogP contribution < -0.4 is 15.4 Å². The average molecular weight is 808 g/mol. The smallest absolute Gasteiger partial charge is 0.410 e. The lowest BCUT2D eigenvalue weighted by molar-refractivity contribution is -0.141. The van der Waals surface area contributed by atoms with Crippen molar-refractivity contribution < 1.29 is 46.3 Å². The van der Waals surface area contributed by atoms with E-state index >= 15 is 0 Å². The highest BCUT2D eigenvalue weighted by atomic mass is 35.5. The molecule has 3 aliphatic heterocycles. The molecule has 2 fully saturated rings. The molecule has 0 radical (unpaired) electrons. The van der Waals surface area contributed by atoms with E-state index in [1.165, 1.54) is 28.0 Å². The lowest BCUT2D eigenvalue weighted by Gasteiger charge is -2.30. The molecule has 0 unspecified atom stereocenters. The van der Waals surface area contributed by atoms with Crippen LogP contribution in [0.4, 0.5) is 14.0 Å². The molecule has 5 amide bonds. The molecule has 3 N–H and O–H groups in total. The van der Waals surface area contributed by atoms with Crippen molar-refractivity contribution in [3.8, 4) is 0 Å². The van der Waals surface area contributed by atoms with E-state index in [1.807, 2.05) is 6.08 Å². The number of allylic oxidation sites excluding steroid dienone is 1. The van der Waals surface area contributed by atoms with Crippen molar-refractivity contribution in [2.45, 2.75) is 112 Å². The predicted octanol–water partition coefficient (Wildman–Crippen LogP) is 4.76. The Morgan fingerprint density at radius 3 is 2.57 bits per heavy atom. The van der Waals surface area contributed by atoms with Crippen LogP contribution in [0.1, 0.15) is 76.8 Å². The first-order valence-electron chi connectivity index (χ1n) is 17.8. The number of carbonyl (C=O) groups is 5. The van der Waals surface area contributed by atoms with E-state index in [4.69, 9.17) is 21.1 Å². The second-order valence-corrected chi connectivity index (χ2v) is 18.6. The second-order valence-electron chi connectivity index (χ2n) is 15.0. The Balaban J connectivity index is 1.26. The molecule has 2 aromatic rings. The maximum Gasteiger partial charge on any atom is 0.410 e. The molecule has 18 heteroatoms. The topological polar surface area (TPSA) is 181 Å². The lowest BCUT2D eigenvalue weighted by Crippen LogP contribution is -2.58. The Labute approximate surface area is 321 Å². The SMILES string of the molecule is CC(C)(C)OC(=O)N[C@H]1CCCCC/C=C\[C@H]2C[C@]2(C(=O)NS(=O)(=O)c2ccc(Cl)s2)NC(=O)[C@@H]2C[C@@H](OC(=O)N3Cc4cccc(F)c4C3)CN2C1=O. The molecule has 292 valence electrons. The van der Waals surface area contributed by atoms with Crippen molar-refractivity contribution in [1.82, 2.24) is 25.2 Å². The van der Waals surface area contributed by atoms with E-state index in [2.05, 4.69) is 15.4 Å². The van der Waals surface area contributed by atoms with Gasteiger partial charge in [0.2, 0.25) is 11.8 Å². The number of hydrogen-bond acceptors (Lipinski definition) is 10. The number of thiophene rings is 1. The number of alkyl carbamates (subject to hydrolysis) is 1. The number of carbonyl (C=O) groups excluding carboxylic acids is 5. The number of hydrogen-bond donors (Lipinski definition) is 3. The molecule has 1 saturated heterocycles. The third-order valence-corrected chi connectivity index (χ3v) is 12.9. The van der Waals surface area contributed by atoms with E-state index in [0.29, 0.717) is 30.4 Å². The van der Waals surface area contributed by atoms with Crippen LogP contribution in [0.3, 0.4) is 0 Å². The van der Waals surface area contributed by atoms with Crippen LogP contribution in [0, 0.1) is 11.7 Å². The Morgan fingerprint density at radius 2 is 1.87 bits per heavy atom. The fraction of sp³-hybridized carbons (Fsp3) is 0.528. The summed E-state index contributed by atoms with van der Waals surface area (Å²) in [7, 11) is -4.34. The number of amides is 5. The van der Waals surface area contributed by atoms with E-state index in [1.54, 1.807) is 39.0 Å². The zero-order chi connectivity index (χ0) is 39.0. The summed E-state index contributed by atoms with van der Waals surface area (Å²) in [5, 5.41) is 5.41. The Hall–Kier alpha value is -4.22. The fourth-order valence-electron chi connectivity index (χ4n) is 7.05. The van der Waals surface area contributed by atoms with Gasteiger partial charge >= 0.3 is 12.2 Å². The van der Waals surface area contributed by atoms with Gasteiger partial charge in [-0.1, -0.05) is 48.7 Å². The minimum Gasteiger partial charge on any atom is -0.444 e. The quantitative estimate of drug-likeness (QED) is 0.359. The van der Waals surface area contributed by atoms with Gasteiger partial charge in [-0.25, -0.2) is 27.1 Å². The van der Waals surface area contributed by atoms with E-state index in [0.717, 1.165) is 17.8 Å². The first-order valence-corrected chi connectivity index (χ1v) is 20.5. The van der Waals surface area contributed by atoms with Crippen LogP contribution in [-0.2, 0) is 47.0 Å². The van der Waals surface area contributed by atoms with Gasteiger partial charge < -0.3 is 25.0 Å². The Morgan fingerprint density at radius 1 is 1.09 bits per heavy atom. The number of ether oxygens (including phenoxy) is 2. The van der Waals surface area contributed by atoms with Gasteiger partial charge in [0.1, 0.15) is 39.4 Å². The first kappa shape index (κ1) is 39.5. The predicted molar refractivity (Wildman–Crippen MR) is 195 cm³/mol. The third-order valence-electron chi connectivity index (χ3n) is 9.83. The molecule has 0 bridgehead atoms. The molecule has 14 nitrogen and oxygen atoms in total. The van der Waals surface area contributed by atoms with E-state index in [-0.39, 0.29) is 47.4 Å². The van der Waals surface area contributed by atoms with Crippen molar-refractivity contribution in [1.29, 1.82) is 0 Å². The summed E-state index contributed by atoms with van der Waals surface area (Å²) >= 11 is 6.71. The minimum absolute atomic E-state index is 0.0187. The van der Waals surface area contributed by atoms with Gasteiger partial charge in [0.05, 0.1) is 17.4 Å². The van der Waals surface area contributed by atoms with Gasteiger partial charge in [0.25, 0.3) is 15.9 Å². The largest absolute Gasteiger partial charge is 0.444 e. The zero-order valence-electron chi connectivity index (χ0n) is 30.1. The maximum atomic E-state index is 14.4. The molecule has 0 spiro atoms. The monoisotopic (exact) mass is 807 g/mol. The van der Waals surface area contributed by atoms with Gasteiger partial charge in [-0.05, 0) is 70.2 Å². The molecule has 5 atom stereocenters. The summed E-state index contributed by atoms with van der Waals surface area (Å²) in [6, 6.07) is 4.85. The molecule has 6 rings (SSSR count). The molecule has 1 aromatic heterocycles. The molecule has 1 aromatic carbocycles. The summed E-state index contributed by atoms with van der Waals surface area (Å²) in [5.41, 5.74) is -1.51. The number of benzene rings is 1. The molecule has 4 heterocycles. The highest BCUT2D eigenvalue weighted by Crippen LogP contribution is 2.46. The zero-order valence-corrected chi connectivity index (χ0v) is 32.5. The van der Waals surface area contributed by atoms with Gasteiger partial charge in [-0.2, -0.15) is 0 Å². The van der Waals surface area contributed by atoms with Crippen molar-refractivity contribution in [2.75, 3.05) is 6.54 Å². The number of sulfonamides is 1. The van der Waals surface area contributed by atoms with Crippen LogP contribution in [0.25, 0.3) is 0 Å². The summed E-state index contributed by atoms with van der Waals surface area (Å²) in [6.45, 7) is 4.92. The standard InChI is InChI=1S/C36H43ClFN5O9S2/c1-35(2,3)52-33(47)39-26-13-8-6-4-5-7-11-22-17-36(22,32(46)41-54(49,50)29-15-14-28(37)53-29)40-30(44)27-16-23(19-43(27)31(26)45)51-34(48)42-18-21-10-9-12-25(38)24(21)20-42/h7,9-12,14-15,22-23,26-27H,4-6,8,13,16-20H2,1-3H3,(H,39,47)(H,40,44)(H,41,46)/b11-7-/t22-,23+,26-,27-,36-/m0/s1. The number of nitrogens with zero attached hydrogens (tertiary/aromatic N) is 2. The van der Waals surface area contributed by atoms with Crippen LogP contribution in [0.5, 0.6) is 0 Å². The Kier molecular flexibility index (Phi) is 11.3. The minimum atomic E-state index is -4.34. The first-order chi connectivity index (χ1) is 25.5. The van der Waals surface area contributed by atoms with Crippen molar-refractivity contribution >= 4 is 62.9 Å². The van der Waals surface area contributed by atoms with Gasteiger partial charge in [-0.3, -0.25) is 19.3 Å². The summed E-state index contributed by atoms with van der Waals surface area (Å²) in [5.74, 6) is -3.34. The van der Waals surface area contributed by atoms with Crippen molar-refractivity contribution in [3.63, 3.8) is 0 Å². The van der Waals surface area contributed by atoms with Crippen LogP contribution in [0.15, 0.2) is 46.7 Å². The van der Waals surface area contributed by atoms with Gasteiger partial charge in [-0.15, -0.1) is 11.3 Å². The number of halogens is 2. The number of rotatable bonds is 5. The fourth-order valence-corrected chi connectivity index (χ4v) is 9.57. The lowest BCUT2D eigenvalue weighted by atomic mass is 10.0. The molecule has 1 saturated carbocycles. The third kappa shape index (κ3) is 8.84. The van der Waals surface area contributed by atoms with E-state index < -0.39 is 81.0 Å².